The number of aliphatic hydroxyl groups is 1. The number of amides is 1. The first-order valence-corrected chi connectivity index (χ1v) is 14.0. The molecule has 0 heterocycles. The summed E-state index contributed by atoms with van der Waals surface area (Å²) in [6.07, 6.45) is 1.27. The molecule has 0 aliphatic heterocycles. The van der Waals surface area contributed by atoms with Crippen molar-refractivity contribution in [2.75, 3.05) is 19.7 Å². The number of aromatic carboxylic acids is 2. The molecule has 5 N–H and O–H groups in total. The molecular weight excluding hydrogens is 524 g/mol. The van der Waals surface area contributed by atoms with Crippen molar-refractivity contribution < 1.29 is 34.5 Å². The lowest BCUT2D eigenvalue weighted by Gasteiger charge is -2.24. The van der Waals surface area contributed by atoms with Gasteiger partial charge in [0.05, 0.1) is 16.7 Å². The lowest BCUT2D eigenvalue weighted by Crippen LogP contribution is -2.40. The maximum Gasteiger partial charge on any atom is 0.336 e. The fourth-order valence-corrected chi connectivity index (χ4v) is 4.00. The summed E-state index contributed by atoms with van der Waals surface area (Å²) in [6, 6.07) is 8.62. The molecule has 1 atom stereocenters. The normalized spacial score (nSPS) is 12.1. The van der Waals surface area contributed by atoms with Crippen molar-refractivity contribution in [3.8, 4) is 11.1 Å². The topological polar surface area (TPSA) is 153 Å². The van der Waals surface area contributed by atoms with Crippen molar-refractivity contribution in [2.24, 2.45) is 11.3 Å². The van der Waals surface area contributed by atoms with E-state index >= 15 is 0 Å². The summed E-state index contributed by atoms with van der Waals surface area (Å²) in [7, 11) is 0. The quantitative estimate of drug-likeness (QED) is 0.165. The zero-order chi connectivity index (χ0) is 31.5. The van der Waals surface area contributed by atoms with Gasteiger partial charge in [-0.15, -0.1) is 0 Å². The molecule has 0 radical (unpaired) electrons. The van der Waals surface area contributed by atoms with Gasteiger partial charge in [-0.2, -0.15) is 0 Å². The van der Waals surface area contributed by atoms with E-state index in [2.05, 4.69) is 10.6 Å². The SMILES string of the molecule is CC.CC(C)(C)NCC(CO)CCCNC(=O)c1cc(-c2ccc(C(=O)O)c(C(=O)C(C)(C)C)c2)ccc1C(=O)O. The van der Waals surface area contributed by atoms with Crippen LogP contribution in [0, 0.1) is 11.3 Å². The monoisotopic (exact) mass is 570 g/mol. The Balaban J connectivity index is 0.00000411. The van der Waals surface area contributed by atoms with E-state index in [1.165, 1.54) is 36.4 Å². The minimum absolute atomic E-state index is 0.0165. The molecule has 0 fully saturated rings. The van der Waals surface area contributed by atoms with E-state index in [4.69, 9.17) is 0 Å². The number of ketones is 1. The molecule has 0 aliphatic carbocycles. The number of benzene rings is 2. The van der Waals surface area contributed by atoms with Crippen LogP contribution in [0.25, 0.3) is 11.1 Å². The summed E-state index contributed by atoms with van der Waals surface area (Å²) in [6.45, 7) is 16.2. The Labute approximate surface area is 243 Å². The Morgan fingerprint density at radius 1 is 0.780 bits per heavy atom. The van der Waals surface area contributed by atoms with E-state index in [1.54, 1.807) is 20.8 Å². The molecule has 1 unspecified atom stereocenters. The van der Waals surface area contributed by atoms with Gasteiger partial charge in [0.25, 0.3) is 5.91 Å². The van der Waals surface area contributed by atoms with Crippen LogP contribution in [0.3, 0.4) is 0 Å². The Morgan fingerprint density at radius 2 is 1.27 bits per heavy atom. The number of hydrogen-bond acceptors (Lipinski definition) is 6. The lowest BCUT2D eigenvalue weighted by molar-refractivity contribution is 0.0681. The predicted molar refractivity (Wildman–Crippen MR) is 161 cm³/mol. The van der Waals surface area contributed by atoms with Crippen molar-refractivity contribution >= 4 is 23.6 Å². The van der Waals surface area contributed by atoms with E-state index in [9.17, 15) is 34.5 Å². The molecule has 0 saturated heterocycles. The Bertz CT molecular complexity index is 1220. The van der Waals surface area contributed by atoms with Gasteiger partial charge in [-0.3, -0.25) is 9.59 Å². The maximum atomic E-state index is 13.0. The van der Waals surface area contributed by atoms with Crippen molar-refractivity contribution in [1.29, 1.82) is 0 Å². The van der Waals surface area contributed by atoms with Crippen LogP contribution >= 0.6 is 0 Å². The van der Waals surface area contributed by atoms with Crippen LogP contribution in [0.15, 0.2) is 36.4 Å². The number of aliphatic hydroxyl groups excluding tert-OH is 1. The number of Topliss-reactive ketones (excluding diaryl/α,β-unsaturated/α-hetero) is 1. The Morgan fingerprint density at radius 3 is 1.71 bits per heavy atom. The molecule has 0 saturated carbocycles. The summed E-state index contributed by atoms with van der Waals surface area (Å²) in [5.74, 6) is -3.37. The predicted octanol–water partition coefficient (Wildman–Crippen LogP) is 5.51. The first-order valence-electron chi connectivity index (χ1n) is 14.0. The van der Waals surface area contributed by atoms with Gasteiger partial charge in [-0.05, 0) is 74.9 Å². The molecule has 41 heavy (non-hydrogen) atoms. The molecule has 2 aromatic carbocycles. The third-order valence-corrected chi connectivity index (χ3v) is 6.26. The van der Waals surface area contributed by atoms with Gasteiger partial charge in [0.2, 0.25) is 0 Å². The Kier molecular flexibility index (Phi) is 13.4. The maximum absolute atomic E-state index is 13.0. The zero-order valence-electron chi connectivity index (χ0n) is 25.6. The van der Waals surface area contributed by atoms with Crippen molar-refractivity contribution in [3.05, 3.63) is 58.7 Å². The first-order chi connectivity index (χ1) is 19.0. The number of nitrogens with one attached hydrogen (secondary N) is 2. The van der Waals surface area contributed by atoms with Gasteiger partial charge in [-0.25, -0.2) is 9.59 Å². The second kappa shape index (κ2) is 15.4. The third-order valence-electron chi connectivity index (χ3n) is 6.26. The molecule has 1 amide bonds. The standard InChI is InChI=1S/C30H40N2O7.C2H6/c1-29(2,3)25(34)23-14-19(9-11-21(23)27(36)37)20-10-12-22(28(38)39)24(15-20)26(35)31-13-7-8-18(17-33)16-32-30(4,5)6;1-2/h9-12,14-15,18,32-33H,7-8,13,16-17H2,1-6H3,(H,31,35)(H,36,37)(H,38,39);1-2H3. The first kappa shape index (κ1) is 35.5. The molecule has 9 heteroatoms. The lowest BCUT2D eigenvalue weighted by atomic mass is 9.83. The molecule has 0 spiro atoms. The summed E-state index contributed by atoms with van der Waals surface area (Å²) in [4.78, 5) is 49.6. The summed E-state index contributed by atoms with van der Waals surface area (Å²) < 4.78 is 0. The van der Waals surface area contributed by atoms with Crippen LogP contribution in [0.1, 0.15) is 110 Å². The zero-order valence-corrected chi connectivity index (χ0v) is 25.6. The van der Waals surface area contributed by atoms with Crippen molar-refractivity contribution in [1.82, 2.24) is 10.6 Å². The van der Waals surface area contributed by atoms with Crippen molar-refractivity contribution in [2.45, 2.75) is 73.8 Å². The highest BCUT2D eigenvalue weighted by Crippen LogP contribution is 2.29. The highest BCUT2D eigenvalue weighted by Gasteiger charge is 2.28. The second-order valence-electron chi connectivity index (χ2n) is 11.8. The summed E-state index contributed by atoms with van der Waals surface area (Å²) in [5, 5.41) is 35.0. The number of carbonyl (C=O) groups is 4. The fraction of sp³-hybridized carbons (Fsp3) is 0.500. The van der Waals surface area contributed by atoms with Crippen molar-refractivity contribution in [3.63, 3.8) is 0 Å². The minimum Gasteiger partial charge on any atom is -0.478 e. The van der Waals surface area contributed by atoms with Crippen LogP contribution in [0.4, 0.5) is 0 Å². The summed E-state index contributed by atoms with van der Waals surface area (Å²) in [5.41, 5.74) is -0.244. The number of carbonyl (C=O) groups excluding carboxylic acids is 2. The van der Waals surface area contributed by atoms with E-state index in [1.807, 2.05) is 34.6 Å². The molecular formula is C32H46N2O7. The van der Waals surface area contributed by atoms with E-state index < -0.39 is 23.3 Å². The van der Waals surface area contributed by atoms with Gasteiger partial charge in [0.15, 0.2) is 5.78 Å². The van der Waals surface area contributed by atoms with Gasteiger partial charge in [-0.1, -0.05) is 46.8 Å². The fourth-order valence-electron chi connectivity index (χ4n) is 4.00. The molecule has 2 aromatic rings. The number of hydrogen-bond donors (Lipinski definition) is 5. The molecule has 9 nitrogen and oxygen atoms in total. The number of carboxylic acids is 2. The molecule has 226 valence electrons. The molecule has 0 bridgehead atoms. The second-order valence-corrected chi connectivity index (χ2v) is 11.8. The van der Waals surface area contributed by atoms with Crippen LogP contribution in [-0.2, 0) is 0 Å². The average molecular weight is 571 g/mol. The van der Waals surface area contributed by atoms with E-state index in [-0.39, 0.29) is 46.1 Å². The highest BCUT2D eigenvalue weighted by molar-refractivity contribution is 6.09. The third kappa shape index (κ3) is 10.7. The van der Waals surface area contributed by atoms with Crippen LogP contribution in [0.2, 0.25) is 0 Å². The van der Waals surface area contributed by atoms with E-state index in [0.29, 0.717) is 37.1 Å². The highest BCUT2D eigenvalue weighted by atomic mass is 16.4. The number of carboxylic acid groups (broad SMARTS) is 2. The van der Waals surface area contributed by atoms with Crippen LogP contribution in [0.5, 0.6) is 0 Å². The van der Waals surface area contributed by atoms with E-state index in [0.717, 1.165) is 0 Å². The number of rotatable bonds is 12. The molecule has 0 aromatic heterocycles. The molecule has 0 aliphatic rings. The minimum atomic E-state index is -1.26. The smallest absolute Gasteiger partial charge is 0.336 e. The molecule has 2 rings (SSSR count). The average Bonchev–Trinajstić information content (AvgIpc) is 2.91. The van der Waals surface area contributed by atoms with Gasteiger partial charge >= 0.3 is 11.9 Å². The Hall–Kier alpha value is -3.56. The summed E-state index contributed by atoms with van der Waals surface area (Å²) >= 11 is 0. The van der Waals surface area contributed by atoms with Gasteiger partial charge in [0, 0.05) is 36.2 Å². The van der Waals surface area contributed by atoms with Gasteiger partial charge in [0.1, 0.15) is 0 Å². The van der Waals surface area contributed by atoms with Crippen LogP contribution < -0.4 is 10.6 Å². The van der Waals surface area contributed by atoms with Gasteiger partial charge < -0.3 is 26.0 Å². The largest absolute Gasteiger partial charge is 0.478 e. The van der Waals surface area contributed by atoms with Crippen LogP contribution in [-0.4, -0.2) is 64.2 Å².